The van der Waals surface area contributed by atoms with Crippen molar-refractivity contribution in [3.8, 4) is 11.3 Å². The van der Waals surface area contributed by atoms with Gasteiger partial charge in [0.1, 0.15) is 23.0 Å². The molecule has 4 aromatic rings. The Morgan fingerprint density at radius 3 is 2.31 bits per heavy atom. The van der Waals surface area contributed by atoms with Gasteiger partial charge in [0.15, 0.2) is 0 Å². The van der Waals surface area contributed by atoms with Crippen LogP contribution in [0.15, 0.2) is 54.6 Å². The normalized spacial score (nSPS) is 16.6. The Labute approximate surface area is 204 Å². The molecule has 1 saturated heterocycles. The maximum atomic E-state index is 14.4. The zero-order valence-electron chi connectivity index (χ0n) is 19.4. The fourth-order valence-electron chi connectivity index (χ4n) is 4.93. The molecule has 0 amide bonds. The molecule has 1 fully saturated rings. The minimum Gasteiger partial charge on any atom is -0.371 e. The minimum absolute atomic E-state index is 0.201. The molecule has 0 bridgehead atoms. The molecule has 0 saturated carbocycles. The molecule has 188 valence electrons. The van der Waals surface area contributed by atoms with Gasteiger partial charge in [0.25, 0.3) is 0 Å². The first-order valence-electron chi connectivity index (χ1n) is 11.7. The number of fused-ring (bicyclic) bond motifs is 1. The molecular weight excluding hydrogens is 480 g/mol. The number of nitrogens with zero attached hydrogens (tertiary/aromatic N) is 3. The summed E-state index contributed by atoms with van der Waals surface area (Å²) in [5.74, 6) is -2.79. The average molecular weight is 503 g/mol. The average Bonchev–Trinajstić information content (AvgIpc) is 3.19. The molecule has 36 heavy (non-hydrogen) atoms. The van der Waals surface area contributed by atoms with Crippen LogP contribution in [-0.2, 0) is 12.7 Å². The van der Waals surface area contributed by atoms with Crippen molar-refractivity contribution in [1.82, 2.24) is 9.78 Å². The summed E-state index contributed by atoms with van der Waals surface area (Å²) in [5, 5.41) is 4.34. The highest BCUT2D eigenvalue weighted by Crippen LogP contribution is 2.39. The molecule has 0 aliphatic carbocycles. The van der Waals surface area contributed by atoms with E-state index in [9.17, 15) is 26.3 Å². The van der Waals surface area contributed by atoms with Gasteiger partial charge in [-0.2, -0.15) is 18.3 Å². The van der Waals surface area contributed by atoms with Crippen molar-refractivity contribution in [2.24, 2.45) is 5.92 Å². The Morgan fingerprint density at radius 1 is 0.972 bits per heavy atom. The summed E-state index contributed by atoms with van der Waals surface area (Å²) in [4.78, 5) is 2.26. The number of piperidine rings is 1. The molecule has 3 aromatic carbocycles. The van der Waals surface area contributed by atoms with Crippen molar-refractivity contribution in [3.05, 3.63) is 83.2 Å². The molecular formula is C27H23F6N3. The lowest BCUT2D eigenvalue weighted by atomic mass is 9.99. The van der Waals surface area contributed by atoms with Crippen molar-refractivity contribution in [2.45, 2.75) is 32.5 Å². The van der Waals surface area contributed by atoms with Crippen molar-refractivity contribution in [1.29, 1.82) is 0 Å². The standard InChI is InChI=1S/C27H23F6N3/c1-16-4-3-11-35(14-16)19-9-7-17(8-10-19)26-20-5-2-6-22(27(31,32)33)25(20)34-36(26)15-21-23(29)12-18(28)13-24(21)30/h2,5-10,12-13,16H,3-4,11,14-15H2,1H3. The van der Waals surface area contributed by atoms with Gasteiger partial charge in [-0.05, 0) is 37.0 Å². The third-order valence-corrected chi connectivity index (χ3v) is 6.65. The van der Waals surface area contributed by atoms with E-state index in [1.54, 1.807) is 12.1 Å². The fourth-order valence-corrected chi connectivity index (χ4v) is 4.93. The van der Waals surface area contributed by atoms with Crippen molar-refractivity contribution < 1.29 is 26.3 Å². The molecule has 1 aliphatic rings. The number of halogens is 6. The van der Waals surface area contributed by atoms with Crippen LogP contribution in [0, 0.1) is 23.4 Å². The zero-order chi connectivity index (χ0) is 25.6. The third kappa shape index (κ3) is 4.54. The van der Waals surface area contributed by atoms with E-state index < -0.39 is 41.3 Å². The second-order valence-electron chi connectivity index (χ2n) is 9.29. The molecule has 2 heterocycles. The lowest BCUT2D eigenvalue weighted by Gasteiger charge is -2.32. The monoisotopic (exact) mass is 503 g/mol. The Hall–Kier alpha value is -3.49. The van der Waals surface area contributed by atoms with Crippen molar-refractivity contribution in [3.63, 3.8) is 0 Å². The van der Waals surface area contributed by atoms with Gasteiger partial charge in [-0.15, -0.1) is 0 Å². The van der Waals surface area contributed by atoms with Crippen LogP contribution in [0.25, 0.3) is 22.2 Å². The van der Waals surface area contributed by atoms with Crippen molar-refractivity contribution >= 4 is 16.6 Å². The summed E-state index contributed by atoms with van der Waals surface area (Å²) in [6.45, 7) is 3.52. The van der Waals surface area contributed by atoms with Crippen LogP contribution in [0.5, 0.6) is 0 Å². The molecule has 1 unspecified atom stereocenters. The van der Waals surface area contributed by atoms with Crippen LogP contribution < -0.4 is 4.90 Å². The van der Waals surface area contributed by atoms with E-state index in [2.05, 4.69) is 16.9 Å². The number of rotatable bonds is 4. The highest BCUT2D eigenvalue weighted by molar-refractivity contribution is 5.95. The summed E-state index contributed by atoms with van der Waals surface area (Å²) in [6.07, 6.45) is -2.43. The number of alkyl halides is 3. The lowest BCUT2D eigenvalue weighted by Crippen LogP contribution is -2.34. The van der Waals surface area contributed by atoms with Gasteiger partial charge >= 0.3 is 6.18 Å². The van der Waals surface area contributed by atoms with E-state index in [1.165, 1.54) is 12.1 Å². The second-order valence-corrected chi connectivity index (χ2v) is 9.29. The smallest absolute Gasteiger partial charge is 0.371 e. The first-order valence-corrected chi connectivity index (χ1v) is 11.7. The van der Waals surface area contributed by atoms with Crippen LogP contribution >= 0.6 is 0 Å². The largest absolute Gasteiger partial charge is 0.418 e. The van der Waals surface area contributed by atoms with Crippen LogP contribution in [0.3, 0.4) is 0 Å². The molecule has 1 aliphatic heterocycles. The topological polar surface area (TPSA) is 21.1 Å². The minimum atomic E-state index is -4.67. The quantitative estimate of drug-likeness (QED) is 0.270. The van der Waals surface area contributed by atoms with Crippen LogP contribution in [0.4, 0.5) is 32.0 Å². The summed E-state index contributed by atoms with van der Waals surface area (Å²) >= 11 is 0. The molecule has 5 rings (SSSR count). The van der Waals surface area contributed by atoms with Crippen LogP contribution in [0.2, 0.25) is 0 Å². The molecule has 3 nitrogen and oxygen atoms in total. The Kier molecular flexibility index (Phi) is 6.18. The molecule has 0 radical (unpaired) electrons. The predicted molar refractivity (Wildman–Crippen MR) is 126 cm³/mol. The molecule has 1 atom stereocenters. The van der Waals surface area contributed by atoms with Gasteiger partial charge in [-0.25, -0.2) is 13.2 Å². The van der Waals surface area contributed by atoms with E-state index in [-0.39, 0.29) is 16.6 Å². The first-order chi connectivity index (χ1) is 17.1. The number of benzene rings is 3. The van der Waals surface area contributed by atoms with Gasteiger partial charge in [0.2, 0.25) is 0 Å². The van der Waals surface area contributed by atoms with Crippen LogP contribution in [-0.4, -0.2) is 22.9 Å². The van der Waals surface area contributed by atoms with Crippen molar-refractivity contribution in [2.75, 3.05) is 18.0 Å². The van der Waals surface area contributed by atoms with Crippen LogP contribution in [0.1, 0.15) is 30.9 Å². The van der Waals surface area contributed by atoms with E-state index >= 15 is 0 Å². The SMILES string of the molecule is CC1CCCN(c2ccc(-c3c4cccc(C(F)(F)F)c4nn3Cc3c(F)cc(F)cc3F)cc2)C1. The number of hydrogen-bond donors (Lipinski definition) is 0. The molecule has 9 heteroatoms. The van der Waals surface area contributed by atoms with E-state index in [4.69, 9.17) is 0 Å². The van der Waals surface area contributed by atoms with Gasteiger partial charge in [-0.1, -0.05) is 31.2 Å². The van der Waals surface area contributed by atoms with E-state index in [1.807, 2.05) is 12.1 Å². The molecule has 0 spiro atoms. The maximum absolute atomic E-state index is 14.4. The Balaban J connectivity index is 1.64. The van der Waals surface area contributed by atoms with E-state index in [0.29, 0.717) is 23.6 Å². The Bertz CT molecular complexity index is 1380. The lowest BCUT2D eigenvalue weighted by molar-refractivity contribution is -0.136. The summed E-state index contributed by atoms with van der Waals surface area (Å²) in [7, 11) is 0. The second kappa shape index (κ2) is 9.19. The highest BCUT2D eigenvalue weighted by atomic mass is 19.4. The number of hydrogen-bond acceptors (Lipinski definition) is 2. The highest BCUT2D eigenvalue weighted by Gasteiger charge is 2.34. The molecule has 1 aromatic heterocycles. The summed E-state index contributed by atoms with van der Waals surface area (Å²) in [6, 6.07) is 12.1. The van der Waals surface area contributed by atoms with Gasteiger partial charge in [0.05, 0.1) is 17.8 Å². The predicted octanol–water partition coefficient (Wildman–Crippen LogP) is 7.42. The van der Waals surface area contributed by atoms with Gasteiger partial charge < -0.3 is 4.90 Å². The Morgan fingerprint density at radius 2 is 1.67 bits per heavy atom. The first kappa shape index (κ1) is 24.2. The molecule has 0 N–H and O–H groups in total. The van der Waals surface area contributed by atoms with Gasteiger partial charge in [0, 0.05) is 47.4 Å². The maximum Gasteiger partial charge on any atom is 0.418 e. The summed E-state index contributed by atoms with van der Waals surface area (Å²) < 4.78 is 84.7. The number of aromatic nitrogens is 2. The van der Waals surface area contributed by atoms with Gasteiger partial charge in [-0.3, -0.25) is 4.68 Å². The van der Waals surface area contributed by atoms with E-state index in [0.717, 1.165) is 42.4 Å². The zero-order valence-corrected chi connectivity index (χ0v) is 19.4. The summed E-state index contributed by atoms with van der Waals surface area (Å²) in [5.41, 5.74) is 0.0763. The fraction of sp³-hybridized carbons (Fsp3) is 0.296. The third-order valence-electron chi connectivity index (χ3n) is 6.65. The number of anilines is 1.